The first-order valence-electron chi connectivity index (χ1n) is 5.73. The summed E-state index contributed by atoms with van der Waals surface area (Å²) in [4.78, 5) is 0. The highest BCUT2D eigenvalue weighted by Crippen LogP contribution is 2.20. The lowest BCUT2D eigenvalue weighted by atomic mass is 10.1. The van der Waals surface area contributed by atoms with Crippen LogP contribution in [0.25, 0.3) is 5.69 Å². The predicted molar refractivity (Wildman–Crippen MR) is 68.5 cm³/mol. The van der Waals surface area contributed by atoms with Gasteiger partial charge in [0.1, 0.15) is 0 Å². The summed E-state index contributed by atoms with van der Waals surface area (Å²) in [6.45, 7) is 6.90. The van der Waals surface area contributed by atoms with Crippen molar-refractivity contribution in [2.45, 2.75) is 27.4 Å². The van der Waals surface area contributed by atoms with Crippen LogP contribution in [0.3, 0.4) is 0 Å². The Morgan fingerprint density at radius 3 is 2.41 bits per heavy atom. The van der Waals surface area contributed by atoms with Crippen LogP contribution in [0.5, 0.6) is 0 Å². The molecule has 0 saturated carbocycles. The van der Waals surface area contributed by atoms with Crippen LogP contribution in [-0.4, -0.2) is 16.9 Å². The molecule has 1 aromatic carbocycles. The van der Waals surface area contributed by atoms with E-state index in [1.54, 1.807) is 7.11 Å². The van der Waals surface area contributed by atoms with Gasteiger partial charge in [0.15, 0.2) is 0 Å². The number of ether oxygens (including phenoxy) is 1. The lowest BCUT2D eigenvalue weighted by Gasteiger charge is -2.11. The van der Waals surface area contributed by atoms with E-state index in [9.17, 15) is 0 Å². The van der Waals surface area contributed by atoms with Crippen molar-refractivity contribution in [3.63, 3.8) is 0 Å². The van der Waals surface area contributed by atoms with Crippen molar-refractivity contribution in [2.24, 2.45) is 0 Å². The standard InChI is InChI=1S/C14H18N2O/c1-10-7-11(2)14(12(3)8-10)16-6-5-13(15-16)9-17-4/h5-8H,9H2,1-4H3. The number of benzene rings is 1. The molecule has 0 aliphatic rings. The maximum Gasteiger partial charge on any atom is 0.0902 e. The van der Waals surface area contributed by atoms with Crippen molar-refractivity contribution < 1.29 is 4.74 Å². The Morgan fingerprint density at radius 1 is 1.18 bits per heavy atom. The SMILES string of the molecule is COCc1ccn(-c2c(C)cc(C)cc2C)n1. The highest BCUT2D eigenvalue weighted by Gasteiger charge is 2.07. The Bertz CT molecular complexity index is 506. The molecule has 0 bridgehead atoms. The summed E-state index contributed by atoms with van der Waals surface area (Å²) in [5.41, 5.74) is 5.89. The minimum Gasteiger partial charge on any atom is -0.378 e. The van der Waals surface area contributed by atoms with Crippen molar-refractivity contribution >= 4 is 0 Å². The van der Waals surface area contributed by atoms with Crippen LogP contribution in [-0.2, 0) is 11.3 Å². The Hall–Kier alpha value is -1.61. The fraction of sp³-hybridized carbons (Fsp3) is 0.357. The van der Waals surface area contributed by atoms with Crippen LogP contribution >= 0.6 is 0 Å². The second kappa shape index (κ2) is 4.72. The van der Waals surface area contributed by atoms with Crippen LogP contribution < -0.4 is 0 Å². The van der Waals surface area contributed by atoms with E-state index in [-0.39, 0.29) is 0 Å². The van der Waals surface area contributed by atoms with Crippen molar-refractivity contribution in [3.8, 4) is 5.69 Å². The maximum atomic E-state index is 5.08. The zero-order chi connectivity index (χ0) is 12.4. The van der Waals surface area contributed by atoms with Gasteiger partial charge in [0.2, 0.25) is 0 Å². The molecule has 1 aromatic heterocycles. The smallest absolute Gasteiger partial charge is 0.0902 e. The summed E-state index contributed by atoms with van der Waals surface area (Å²) < 4.78 is 7.01. The topological polar surface area (TPSA) is 27.1 Å². The van der Waals surface area contributed by atoms with Gasteiger partial charge in [-0.05, 0) is 38.0 Å². The second-order valence-electron chi connectivity index (χ2n) is 4.43. The molecule has 3 heteroatoms. The van der Waals surface area contributed by atoms with E-state index in [0.717, 1.165) is 11.4 Å². The molecule has 0 aliphatic heterocycles. The van der Waals surface area contributed by atoms with Crippen molar-refractivity contribution in [2.75, 3.05) is 7.11 Å². The average Bonchev–Trinajstić information content (AvgIpc) is 2.65. The molecule has 0 radical (unpaired) electrons. The van der Waals surface area contributed by atoms with Gasteiger partial charge in [-0.3, -0.25) is 0 Å². The van der Waals surface area contributed by atoms with Gasteiger partial charge in [0.25, 0.3) is 0 Å². The first-order chi connectivity index (χ1) is 8.11. The number of rotatable bonds is 3. The maximum absolute atomic E-state index is 5.08. The van der Waals surface area contributed by atoms with Gasteiger partial charge in [0.05, 0.1) is 18.0 Å². The van der Waals surface area contributed by atoms with Crippen molar-refractivity contribution in [1.82, 2.24) is 9.78 Å². The van der Waals surface area contributed by atoms with Crippen LogP contribution in [0.1, 0.15) is 22.4 Å². The van der Waals surface area contributed by atoms with Gasteiger partial charge >= 0.3 is 0 Å². The molecule has 2 rings (SSSR count). The first kappa shape index (κ1) is 11.9. The summed E-state index contributed by atoms with van der Waals surface area (Å²) in [5.74, 6) is 0. The van der Waals surface area contributed by atoms with Crippen LogP contribution in [0.2, 0.25) is 0 Å². The average molecular weight is 230 g/mol. The first-order valence-corrected chi connectivity index (χ1v) is 5.73. The van der Waals surface area contributed by atoms with Gasteiger partial charge in [-0.25, -0.2) is 4.68 Å². The third kappa shape index (κ3) is 2.39. The molecule has 0 N–H and O–H groups in total. The predicted octanol–water partition coefficient (Wildman–Crippen LogP) is 2.94. The zero-order valence-corrected chi connectivity index (χ0v) is 10.8. The Morgan fingerprint density at radius 2 is 1.82 bits per heavy atom. The monoisotopic (exact) mass is 230 g/mol. The van der Waals surface area contributed by atoms with Gasteiger partial charge in [0, 0.05) is 13.3 Å². The second-order valence-corrected chi connectivity index (χ2v) is 4.43. The number of aryl methyl sites for hydroxylation is 3. The molecule has 3 nitrogen and oxygen atoms in total. The van der Waals surface area contributed by atoms with Gasteiger partial charge in [-0.2, -0.15) is 5.10 Å². The zero-order valence-electron chi connectivity index (χ0n) is 10.8. The molecular weight excluding hydrogens is 212 g/mol. The number of nitrogens with zero attached hydrogens (tertiary/aromatic N) is 2. The molecule has 90 valence electrons. The van der Waals surface area contributed by atoms with Gasteiger partial charge in [-0.1, -0.05) is 17.7 Å². The molecule has 0 saturated heterocycles. The molecule has 0 spiro atoms. The molecule has 1 heterocycles. The lowest BCUT2D eigenvalue weighted by molar-refractivity contribution is 0.181. The van der Waals surface area contributed by atoms with Crippen molar-refractivity contribution in [3.05, 3.63) is 46.8 Å². The molecule has 0 amide bonds. The summed E-state index contributed by atoms with van der Waals surface area (Å²) in [6, 6.07) is 6.35. The van der Waals surface area contributed by atoms with Crippen LogP contribution in [0.15, 0.2) is 24.4 Å². The van der Waals surface area contributed by atoms with Crippen molar-refractivity contribution in [1.29, 1.82) is 0 Å². The molecule has 0 atom stereocenters. The molecule has 0 aliphatic carbocycles. The molecule has 0 unspecified atom stereocenters. The summed E-state index contributed by atoms with van der Waals surface area (Å²) >= 11 is 0. The van der Waals surface area contributed by atoms with E-state index >= 15 is 0 Å². The fourth-order valence-electron chi connectivity index (χ4n) is 2.24. The highest BCUT2D eigenvalue weighted by molar-refractivity contribution is 5.48. The van der Waals surface area contributed by atoms with Gasteiger partial charge < -0.3 is 4.74 Å². The Kier molecular flexibility index (Phi) is 3.29. The Labute approximate surface area is 102 Å². The van der Waals surface area contributed by atoms with E-state index in [2.05, 4.69) is 38.0 Å². The quantitative estimate of drug-likeness (QED) is 0.810. The highest BCUT2D eigenvalue weighted by atomic mass is 16.5. The lowest BCUT2D eigenvalue weighted by Crippen LogP contribution is -2.02. The Balaban J connectivity index is 2.45. The molecular formula is C14H18N2O. The number of hydrogen-bond acceptors (Lipinski definition) is 2. The third-order valence-corrected chi connectivity index (χ3v) is 2.80. The van der Waals surface area contributed by atoms with E-state index < -0.39 is 0 Å². The minimum absolute atomic E-state index is 0.553. The van der Waals surface area contributed by atoms with E-state index in [1.807, 2.05) is 16.9 Å². The van der Waals surface area contributed by atoms with Crippen LogP contribution in [0, 0.1) is 20.8 Å². The summed E-state index contributed by atoms with van der Waals surface area (Å²) in [5, 5.41) is 4.51. The number of aromatic nitrogens is 2. The van der Waals surface area contributed by atoms with E-state index in [0.29, 0.717) is 6.61 Å². The van der Waals surface area contributed by atoms with E-state index in [1.165, 1.54) is 16.7 Å². The minimum atomic E-state index is 0.553. The van der Waals surface area contributed by atoms with Gasteiger partial charge in [-0.15, -0.1) is 0 Å². The van der Waals surface area contributed by atoms with Crippen LogP contribution in [0.4, 0.5) is 0 Å². The fourth-order valence-corrected chi connectivity index (χ4v) is 2.24. The summed E-state index contributed by atoms with van der Waals surface area (Å²) in [7, 11) is 1.68. The largest absolute Gasteiger partial charge is 0.378 e. The molecule has 17 heavy (non-hydrogen) atoms. The number of methoxy groups -OCH3 is 1. The molecule has 2 aromatic rings. The normalized spacial score (nSPS) is 10.8. The third-order valence-electron chi connectivity index (χ3n) is 2.80. The molecule has 0 fully saturated rings. The summed E-state index contributed by atoms with van der Waals surface area (Å²) in [6.07, 6.45) is 1.99. The number of hydrogen-bond donors (Lipinski definition) is 0. The van der Waals surface area contributed by atoms with E-state index in [4.69, 9.17) is 4.74 Å².